The SMILES string of the molecule is O=C(C=Cc1c(F)cccc1Cl)OCc1ccccc1. The van der Waals surface area contributed by atoms with Gasteiger partial charge in [-0.25, -0.2) is 9.18 Å². The first-order valence-electron chi connectivity index (χ1n) is 5.99. The number of rotatable bonds is 4. The van der Waals surface area contributed by atoms with Crippen LogP contribution < -0.4 is 0 Å². The van der Waals surface area contributed by atoms with Gasteiger partial charge in [-0.1, -0.05) is 48.0 Å². The zero-order chi connectivity index (χ0) is 14.4. The summed E-state index contributed by atoms with van der Waals surface area (Å²) >= 11 is 5.84. The summed E-state index contributed by atoms with van der Waals surface area (Å²) in [6.45, 7) is 0.176. The van der Waals surface area contributed by atoms with E-state index in [-0.39, 0.29) is 17.2 Å². The van der Waals surface area contributed by atoms with E-state index in [0.29, 0.717) is 0 Å². The molecule has 20 heavy (non-hydrogen) atoms. The van der Waals surface area contributed by atoms with Crippen molar-refractivity contribution in [1.29, 1.82) is 0 Å². The van der Waals surface area contributed by atoms with E-state index in [9.17, 15) is 9.18 Å². The maximum Gasteiger partial charge on any atom is 0.331 e. The van der Waals surface area contributed by atoms with E-state index in [1.165, 1.54) is 18.2 Å². The summed E-state index contributed by atoms with van der Waals surface area (Å²) in [5, 5.41) is 0.247. The van der Waals surface area contributed by atoms with E-state index in [2.05, 4.69) is 0 Å². The van der Waals surface area contributed by atoms with Gasteiger partial charge in [-0.2, -0.15) is 0 Å². The van der Waals surface area contributed by atoms with Crippen LogP contribution in [0.3, 0.4) is 0 Å². The summed E-state index contributed by atoms with van der Waals surface area (Å²) in [7, 11) is 0. The minimum absolute atomic E-state index is 0.172. The highest BCUT2D eigenvalue weighted by Gasteiger charge is 2.04. The second-order valence-electron chi connectivity index (χ2n) is 4.06. The molecule has 0 saturated carbocycles. The van der Waals surface area contributed by atoms with Crippen LogP contribution in [0.2, 0.25) is 5.02 Å². The molecule has 0 atom stereocenters. The van der Waals surface area contributed by atoms with Crippen LogP contribution in [0.4, 0.5) is 4.39 Å². The fraction of sp³-hybridized carbons (Fsp3) is 0.0625. The van der Waals surface area contributed by atoms with E-state index < -0.39 is 11.8 Å². The largest absolute Gasteiger partial charge is 0.458 e. The molecule has 0 aliphatic rings. The first-order valence-corrected chi connectivity index (χ1v) is 6.37. The quantitative estimate of drug-likeness (QED) is 0.622. The van der Waals surface area contributed by atoms with Gasteiger partial charge in [-0.3, -0.25) is 0 Å². The fourth-order valence-corrected chi connectivity index (χ4v) is 1.82. The van der Waals surface area contributed by atoms with Crippen LogP contribution in [0.25, 0.3) is 6.08 Å². The lowest BCUT2D eigenvalue weighted by Crippen LogP contribution is -2.00. The highest BCUT2D eigenvalue weighted by atomic mass is 35.5. The Bertz CT molecular complexity index is 603. The highest BCUT2D eigenvalue weighted by Crippen LogP contribution is 2.20. The maximum atomic E-state index is 13.5. The summed E-state index contributed by atoms with van der Waals surface area (Å²) < 4.78 is 18.5. The number of carbonyl (C=O) groups excluding carboxylic acids is 1. The lowest BCUT2D eigenvalue weighted by molar-refractivity contribution is -0.138. The molecule has 0 N–H and O–H groups in total. The molecule has 2 aromatic rings. The molecule has 0 aromatic heterocycles. The van der Waals surface area contributed by atoms with Crippen LogP contribution in [-0.4, -0.2) is 5.97 Å². The fourth-order valence-electron chi connectivity index (χ4n) is 1.60. The Kier molecular flexibility index (Phi) is 4.91. The van der Waals surface area contributed by atoms with Gasteiger partial charge in [0.2, 0.25) is 0 Å². The molecule has 2 nitrogen and oxygen atoms in total. The number of carbonyl (C=O) groups is 1. The lowest BCUT2D eigenvalue weighted by Gasteiger charge is -2.02. The Balaban J connectivity index is 1.96. The predicted molar refractivity (Wildman–Crippen MR) is 76.7 cm³/mol. The normalized spacial score (nSPS) is 10.7. The molecule has 0 aliphatic heterocycles. The Morgan fingerprint density at radius 3 is 2.60 bits per heavy atom. The maximum absolute atomic E-state index is 13.5. The predicted octanol–water partition coefficient (Wildman–Crippen LogP) is 4.24. The van der Waals surface area contributed by atoms with E-state index >= 15 is 0 Å². The second-order valence-corrected chi connectivity index (χ2v) is 4.47. The number of ether oxygens (including phenoxy) is 1. The molecule has 0 fully saturated rings. The van der Waals surface area contributed by atoms with Gasteiger partial charge >= 0.3 is 5.97 Å². The van der Waals surface area contributed by atoms with E-state index in [1.807, 2.05) is 30.3 Å². The summed E-state index contributed by atoms with van der Waals surface area (Å²) in [5.41, 5.74) is 1.06. The van der Waals surface area contributed by atoms with Crippen molar-refractivity contribution in [2.24, 2.45) is 0 Å². The third-order valence-corrected chi connectivity index (χ3v) is 2.94. The standard InChI is InChI=1S/C16H12ClFO2/c17-14-7-4-8-15(18)13(14)9-10-16(19)20-11-12-5-2-1-3-6-12/h1-10H,11H2. The zero-order valence-electron chi connectivity index (χ0n) is 10.6. The second kappa shape index (κ2) is 6.87. The first kappa shape index (κ1) is 14.3. The lowest BCUT2D eigenvalue weighted by atomic mass is 10.2. The summed E-state index contributed by atoms with van der Waals surface area (Å²) in [6.07, 6.45) is 2.47. The number of esters is 1. The highest BCUT2D eigenvalue weighted by molar-refractivity contribution is 6.32. The number of hydrogen-bond donors (Lipinski definition) is 0. The van der Waals surface area contributed by atoms with Crippen molar-refractivity contribution in [3.63, 3.8) is 0 Å². The van der Waals surface area contributed by atoms with Crippen LogP contribution in [0, 0.1) is 5.82 Å². The minimum atomic E-state index is -0.548. The van der Waals surface area contributed by atoms with Gasteiger partial charge in [0, 0.05) is 11.6 Å². The topological polar surface area (TPSA) is 26.3 Å². The molecule has 0 bridgehead atoms. The molecule has 0 heterocycles. The zero-order valence-corrected chi connectivity index (χ0v) is 11.3. The third-order valence-electron chi connectivity index (χ3n) is 2.61. The van der Waals surface area contributed by atoms with Gasteiger partial charge in [0.05, 0.1) is 5.02 Å². The van der Waals surface area contributed by atoms with Crippen molar-refractivity contribution in [3.8, 4) is 0 Å². The first-order chi connectivity index (χ1) is 9.66. The molecule has 0 saturated heterocycles. The van der Waals surface area contributed by atoms with E-state index in [1.54, 1.807) is 6.07 Å². The van der Waals surface area contributed by atoms with E-state index in [4.69, 9.17) is 16.3 Å². The Labute approximate surface area is 121 Å². The van der Waals surface area contributed by atoms with Crippen LogP contribution in [-0.2, 0) is 16.1 Å². The molecule has 0 spiro atoms. The Morgan fingerprint density at radius 2 is 1.90 bits per heavy atom. The number of hydrogen-bond acceptors (Lipinski definition) is 2. The Morgan fingerprint density at radius 1 is 1.15 bits per heavy atom. The van der Waals surface area contributed by atoms with Gasteiger partial charge in [0.25, 0.3) is 0 Å². The average Bonchev–Trinajstić information content (AvgIpc) is 2.46. The van der Waals surface area contributed by atoms with Crippen LogP contribution in [0.1, 0.15) is 11.1 Å². The third kappa shape index (κ3) is 3.93. The Hall–Kier alpha value is -2.13. The molecule has 102 valence electrons. The van der Waals surface area contributed by atoms with E-state index in [0.717, 1.165) is 11.6 Å². The van der Waals surface area contributed by atoms with Crippen molar-refractivity contribution in [2.45, 2.75) is 6.61 Å². The molecule has 2 aromatic carbocycles. The molecule has 0 unspecified atom stereocenters. The van der Waals surface area contributed by atoms with Gasteiger partial charge < -0.3 is 4.74 Å². The van der Waals surface area contributed by atoms with Crippen LogP contribution in [0.15, 0.2) is 54.6 Å². The van der Waals surface area contributed by atoms with Gasteiger partial charge in [0.15, 0.2) is 0 Å². The van der Waals surface area contributed by atoms with Gasteiger partial charge in [-0.05, 0) is 23.8 Å². The molecular weight excluding hydrogens is 279 g/mol. The monoisotopic (exact) mass is 290 g/mol. The van der Waals surface area contributed by atoms with Crippen LogP contribution in [0.5, 0.6) is 0 Å². The molecule has 0 amide bonds. The van der Waals surface area contributed by atoms with Crippen molar-refractivity contribution in [1.82, 2.24) is 0 Å². The number of benzene rings is 2. The summed E-state index contributed by atoms with van der Waals surface area (Å²) in [6, 6.07) is 13.6. The molecule has 0 radical (unpaired) electrons. The average molecular weight is 291 g/mol. The molecule has 0 aliphatic carbocycles. The summed E-state index contributed by atoms with van der Waals surface area (Å²) in [4.78, 5) is 11.5. The number of halogens is 2. The minimum Gasteiger partial charge on any atom is -0.458 e. The van der Waals surface area contributed by atoms with Crippen LogP contribution >= 0.6 is 11.6 Å². The molecule has 4 heteroatoms. The smallest absolute Gasteiger partial charge is 0.331 e. The van der Waals surface area contributed by atoms with Gasteiger partial charge in [-0.15, -0.1) is 0 Å². The van der Waals surface area contributed by atoms with Crippen molar-refractivity contribution >= 4 is 23.6 Å². The van der Waals surface area contributed by atoms with Crippen molar-refractivity contribution in [3.05, 3.63) is 76.6 Å². The van der Waals surface area contributed by atoms with Crippen molar-refractivity contribution in [2.75, 3.05) is 0 Å². The molecule has 2 rings (SSSR count). The molecular formula is C16H12ClFO2. The summed E-state index contributed by atoms with van der Waals surface area (Å²) in [5.74, 6) is -1.03. The van der Waals surface area contributed by atoms with Gasteiger partial charge in [0.1, 0.15) is 12.4 Å². The van der Waals surface area contributed by atoms with Crippen molar-refractivity contribution < 1.29 is 13.9 Å².